The smallest absolute Gasteiger partial charge is 0.231 e. The van der Waals surface area contributed by atoms with Gasteiger partial charge >= 0.3 is 39.0 Å². The van der Waals surface area contributed by atoms with Gasteiger partial charge in [-0.3, -0.25) is 19.9 Å². The van der Waals surface area contributed by atoms with Crippen molar-refractivity contribution in [2.75, 3.05) is 13.6 Å². The zero-order chi connectivity index (χ0) is 61.9. The molecule has 89 heavy (non-hydrogen) atoms. The van der Waals surface area contributed by atoms with Gasteiger partial charge in [-0.1, -0.05) is 17.7 Å². The van der Waals surface area contributed by atoms with Gasteiger partial charge in [0.05, 0.1) is 35.2 Å². The van der Waals surface area contributed by atoms with E-state index in [2.05, 4.69) is 95.9 Å². The fraction of sp³-hybridized carbons (Fsp3) is 0.0345. The van der Waals surface area contributed by atoms with Crippen LogP contribution in [0.4, 0.5) is 0 Å². The molecule has 2 aliphatic heterocycles. The quantitative estimate of drug-likeness (QED) is 0.0830. The van der Waals surface area contributed by atoms with Gasteiger partial charge in [-0.05, 0) is 154 Å². The fourth-order valence-electron chi connectivity index (χ4n) is 8.22. The summed E-state index contributed by atoms with van der Waals surface area (Å²) in [4.78, 5) is 32.5. The second-order valence-corrected chi connectivity index (χ2v) is 19.5. The SMILES string of the molecule is Brc1cnc2ccc(-c3ccncc3)nn12.Clc1ccc2nccn2n1.OB(O)c1ccc2c(c1)OCO2.OB(O)c1ccncc1.[B]=NS.c1cc(-c2ccc3ncc(-c4ccc5c(c4)OCO5)n3n2)ccn1.c1cc(-c2ccc3nccn3n2)ccn1. The standard InChI is InChI=1S/C18H12N4O2.C11H7BrN4.C11H8N4.C7H7BO4.C6H4ClN3.C5H6BNO2.BHNS/c1-3-16-17(24-11-23-16)9-13(1)15-10-20-18-4-2-14(21-22(15)18)12-5-7-19-8-6-12;12-10-7-14-11-2-1-9(15-16(10)11)8-3-5-13-6-4-8;1-2-11-13-7-8-15(11)14-10(1)9-3-5-12-6-4-9;9-8(10)5-1-2-6-7(3-5)12-4-11-6;7-5-1-2-6-8-3-4-10(6)9-5;8-6(9)5-1-3-7-4-2-5;1-2-3/h1-10H,11H2;1-7H;1-8H;1-3,9-10H,4H2;1-4H;1-4,8-9H;3H. The topological polar surface area (TPSA) is 303 Å². The Labute approximate surface area is 526 Å². The number of rotatable bonds is 6. The maximum atomic E-state index is 8.81. The van der Waals surface area contributed by atoms with Crippen molar-refractivity contribution in [1.29, 1.82) is 0 Å². The van der Waals surface area contributed by atoms with E-state index in [1.165, 1.54) is 12.4 Å². The van der Waals surface area contributed by atoms with Crippen molar-refractivity contribution in [2.24, 2.45) is 4.30 Å². The average Bonchev–Trinajstić information content (AvgIpc) is 2.86. The molecular weight excluding hydrogens is 1240 g/mol. The van der Waals surface area contributed by atoms with E-state index in [4.69, 9.17) is 55.7 Å². The molecule has 14 heterocycles. The number of aromatic nitrogens is 16. The number of imidazole rings is 4. The predicted octanol–water partition coefficient (Wildman–Crippen LogP) is 6.95. The van der Waals surface area contributed by atoms with Gasteiger partial charge < -0.3 is 39.0 Å². The molecule has 0 amide bonds. The van der Waals surface area contributed by atoms with Crippen LogP contribution in [0.1, 0.15) is 0 Å². The van der Waals surface area contributed by atoms with Crippen molar-refractivity contribution in [1.82, 2.24) is 78.3 Å². The maximum absolute atomic E-state index is 8.81. The van der Waals surface area contributed by atoms with Crippen molar-refractivity contribution in [2.45, 2.75) is 0 Å². The Hall–Kier alpha value is -10.3. The molecule has 4 N–H and O–H groups in total. The van der Waals surface area contributed by atoms with Crippen molar-refractivity contribution < 1.29 is 39.0 Å². The van der Waals surface area contributed by atoms with Gasteiger partial charge in [0.1, 0.15) is 9.76 Å². The predicted molar refractivity (Wildman–Crippen MR) is 340 cm³/mol. The zero-order valence-corrected chi connectivity index (χ0v) is 49.4. The number of ether oxygens (including phenoxy) is 4. The number of pyridine rings is 4. The first-order chi connectivity index (χ1) is 43.5. The molecule has 0 unspecified atom stereocenters. The molecule has 31 heteroatoms. The summed E-state index contributed by atoms with van der Waals surface area (Å²) >= 11 is 12.2. The van der Waals surface area contributed by atoms with E-state index in [1.807, 2.05) is 114 Å². The third-order valence-electron chi connectivity index (χ3n) is 12.5. The van der Waals surface area contributed by atoms with Crippen LogP contribution in [0.5, 0.6) is 23.0 Å². The number of nitrogens with zero attached hydrogens (tertiary/aromatic N) is 17. The molecule has 0 atom stereocenters. The minimum absolute atomic E-state index is 0.195. The fourth-order valence-corrected chi connectivity index (χ4v) is 8.73. The molecule has 25 nitrogen and oxygen atoms in total. The molecule has 14 aromatic rings. The van der Waals surface area contributed by atoms with Crippen LogP contribution in [0.15, 0.2) is 229 Å². The Balaban J connectivity index is 0.000000120. The van der Waals surface area contributed by atoms with Crippen LogP contribution < -0.4 is 29.9 Å². The van der Waals surface area contributed by atoms with Crippen LogP contribution >= 0.6 is 40.3 Å². The number of thiol groups is 1. The second-order valence-electron chi connectivity index (χ2n) is 18.1. The summed E-state index contributed by atoms with van der Waals surface area (Å²) in [6.07, 6.45) is 24.1. The Kier molecular flexibility index (Phi) is 21.1. The van der Waals surface area contributed by atoms with Crippen LogP contribution in [0.25, 0.3) is 67.6 Å². The number of hydrogen-bond donors (Lipinski definition) is 5. The third kappa shape index (κ3) is 16.2. The first-order valence-corrected chi connectivity index (χ1v) is 27.9. The molecule has 2 aliphatic rings. The van der Waals surface area contributed by atoms with E-state index in [1.54, 1.807) is 112 Å². The normalized spacial score (nSPS) is 11.2. The van der Waals surface area contributed by atoms with Gasteiger partial charge in [-0.2, -0.15) is 20.4 Å². The molecule has 0 bridgehead atoms. The second kappa shape index (κ2) is 30.3. The van der Waals surface area contributed by atoms with E-state index < -0.39 is 14.2 Å². The first kappa shape index (κ1) is 61.8. The Morgan fingerprint density at radius 2 is 0.888 bits per heavy atom. The number of hydrogen-bond acceptors (Lipinski definition) is 22. The van der Waals surface area contributed by atoms with E-state index in [0.717, 1.165) is 83.7 Å². The van der Waals surface area contributed by atoms with Crippen LogP contribution in [-0.2, 0) is 0 Å². The van der Waals surface area contributed by atoms with E-state index in [9.17, 15) is 0 Å². The molecule has 16 rings (SSSR count). The summed E-state index contributed by atoms with van der Waals surface area (Å²) in [5.74, 6) is 2.70. The number of halogens is 2. The van der Waals surface area contributed by atoms with Crippen LogP contribution in [-0.4, -0.2) is 134 Å². The van der Waals surface area contributed by atoms with Crippen molar-refractivity contribution in [3.8, 4) is 68.0 Å². The minimum atomic E-state index is -1.46. The number of benzene rings is 2. The Morgan fingerprint density at radius 1 is 0.449 bits per heavy atom. The molecule has 0 saturated heterocycles. The van der Waals surface area contributed by atoms with Crippen molar-refractivity contribution in [3.63, 3.8) is 0 Å². The molecule has 12 aromatic heterocycles. The summed E-state index contributed by atoms with van der Waals surface area (Å²) in [5, 5.41) is 52.8. The van der Waals surface area contributed by atoms with Gasteiger partial charge in [0.15, 0.2) is 45.6 Å². The summed E-state index contributed by atoms with van der Waals surface area (Å²) in [6, 6.07) is 40.5. The summed E-state index contributed by atoms with van der Waals surface area (Å²) in [7, 11) is 1.50. The summed E-state index contributed by atoms with van der Waals surface area (Å²) < 4.78 is 31.5. The minimum Gasteiger partial charge on any atom is -0.454 e. The van der Waals surface area contributed by atoms with Gasteiger partial charge in [-0.25, -0.2) is 38.0 Å². The zero-order valence-electron chi connectivity index (χ0n) is 46.2. The monoisotopic (exact) mass is 1290 g/mol. The van der Waals surface area contributed by atoms with Crippen LogP contribution in [0.2, 0.25) is 5.15 Å². The maximum Gasteiger partial charge on any atom is 0.231 e. The Bertz CT molecular complexity index is 4590. The van der Waals surface area contributed by atoms with Crippen LogP contribution in [0.3, 0.4) is 0 Å². The van der Waals surface area contributed by atoms with E-state index in [0.29, 0.717) is 27.6 Å². The van der Waals surface area contributed by atoms with Crippen LogP contribution in [0, 0.1) is 0 Å². The molecule has 2 aromatic carbocycles. The molecular formula is C58H45B3BrClN17O8S. The largest absolute Gasteiger partial charge is 0.454 e. The van der Waals surface area contributed by atoms with Gasteiger partial charge in [0.25, 0.3) is 0 Å². The van der Waals surface area contributed by atoms with Crippen molar-refractivity contribution in [3.05, 3.63) is 230 Å². The summed E-state index contributed by atoms with van der Waals surface area (Å²) in [5.41, 5.74) is 11.8. The molecule has 1 radical (unpaired) electrons. The van der Waals surface area contributed by atoms with E-state index in [-0.39, 0.29) is 13.6 Å². The van der Waals surface area contributed by atoms with E-state index >= 15 is 0 Å². The average molecular weight is 1290 g/mol. The molecule has 0 aliphatic carbocycles. The first-order valence-electron chi connectivity index (χ1n) is 26.3. The van der Waals surface area contributed by atoms with Crippen molar-refractivity contribution >= 4 is 95.7 Å². The van der Waals surface area contributed by atoms with Gasteiger partial charge in [-0.15, -0.1) is 0 Å². The molecule has 439 valence electrons. The van der Waals surface area contributed by atoms with Gasteiger partial charge in [0.2, 0.25) is 13.6 Å². The van der Waals surface area contributed by atoms with Gasteiger partial charge in [0, 0.05) is 96.6 Å². The number of fused-ring (bicyclic) bond motifs is 6. The Morgan fingerprint density at radius 3 is 1.43 bits per heavy atom. The third-order valence-corrected chi connectivity index (χ3v) is 13.2. The molecule has 0 saturated carbocycles. The molecule has 0 fully saturated rings. The molecule has 0 spiro atoms. The summed E-state index contributed by atoms with van der Waals surface area (Å²) in [6.45, 7) is 0.455.